The van der Waals surface area contributed by atoms with Gasteiger partial charge in [-0.3, -0.25) is 4.79 Å². The minimum atomic E-state index is -0.367. The van der Waals surface area contributed by atoms with Crippen LogP contribution in [-0.2, 0) is 9.53 Å². The lowest BCUT2D eigenvalue weighted by molar-refractivity contribution is -0.139. The van der Waals surface area contributed by atoms with E-state index in [9.17, 15) is 4.79 Å². The highest BCUT2D eigenvalue weighted by molar-refractivity contribution is 9.10. The van der Waals surface area contributed by atoms with Crippen molar-refractivity contribution in [2.45, 2.75) is 4.83 Å². The molecule has 0 saturated heterocycles. The van der Waals surface area contributed by atoms with Gasteiger partial charge in [0, 0.05) is 5.88 Å². The molecule has 0 aliphatic carbocycles. The standard InChI is InChI=1S/C4H6BrClO2/c1-8-4(7)3(5)2-6/h3H,2H2,1H3/t3-/m0/s1. The third kappa shape index (κ3) is 2.52. The summed E-state index contributed by atoms with van der Waals surface area (Å²) < 4.78 is 4.33. The Kier molecular flexibility index (Phi) is 4.28. The zero-order valence-electron chi connectivity index (χ0n) is 4.36. The van der Waals surface area contributed by atoms with Crippen molar-refractivity contribution in [1.29, 1.82) is 0 Å². The fraction of sp³-hybridized carbons (Fsp3) is 0.750. The summed E-state index contributed by atoms with van der Waals surface area (Å²) in [7, 11) is 1.32. The first-order chi connectivity index (χ1) is 3.72. The molecule has 0 aliphatic heterocycles. The van der Waals surface area contributed by atoms with Crippen molar-refractivity contribution >= 4 is 33.5 Å². The number of hydrogen-bond acceptors (Lipinski definition) is 2. The molecule has 0 unspecified atom stereocenters. The van der Waals surface area contributed by atoms with E-state index in [4.69, 9.17) is 11.6 Å². The van der Waals surface area contributed by atoms with E-state index in [1.165, 1.54) is 7.11 Å². The number of carbonyl (C=O) groups excluding carboxylic acids is 1. The van der Waals surface area contributed by atoms with Gasteiger partial charge >= 0.3 is 5.97 Å². The maximum atomic E-state index is 10.4. The Morgan fingerprint density at radius 1 is 2.00 bits per heavy atom. The maximum Gasteiger partial charge on any atom is 0.320 e. The summed E-state index contributed by atoms with van der Waals surface area (Å²) in [5.74, 6) is -0.0906. The van der Waals surface area contributed by atoms with Crippen LogP contribution in [0, 0.1) is 0 Å². The summed E-state index contributed by atoms with van der Waals surface area (Å²) in [5.41, 5.74) is 0. The molecule has 0 aliphatic rings. The molecule has 48 valence electrons. The summed E-state index contributed by atoms with van der Waals surface area (Å²) >= 11 is 8.27. The van der Waals surface area contributed by atoms with Gasteiger partial charge in [-0.15, -0.1) is 11.6 Å². The molecule has 0 spiro atoms. The molecule has 0 fully saturated rings. The third-order valence-corrected chi connectivity index (χ3v) is 1.97. The van der Waals surface area contributed by atoms with E-state index in [1.54, 1.807) is 0 Å². The molecule has 0 amide bonds. The van der Waals surface area contributed by atoms with Crippen molar-refractivity contribution in [2.75, 3.05) is 13.0 Å². The molecular formula is C4H6BrClO2. The average Bonchev–Trinajstić information content (AvgIpc) is 1.84. The summed E-state index contributed by atoms with van der Waals surface area (Å²) in [6, 6.07) is 0. The molecule has 0 rings (SSSR count). The molecule has 0 N–H and O–H groups in total. The van der Waals surface area contributed by atoms with Gasteiger partial charge in [0.2, 0.25) is 0 Å². The highest BCUT2D eigenvalue weighted by Crippen LogP contribution is 2.02. The van der Waals surface area contributed by atoms with Gasteiger partial charge in [-0.25, -0.2) is 0 Å². The predicted octanol–water partition coefficient (Wildman–Crippen LogP) is 1.16. The molecule has 1 atom stereocenters. The molecule has 0 heterocycles. The lowest BCUT2D eigenvalue weighted by atomic mass is 10.5. The van der Waals surface area contributed by atoms with E-state index in [0.29, 0.717) is 0 Å². The van der Waals surface area contributed by atoms with Crippen LogP contribution >= 0.6 is 27.5 Å². The Morgan fingerprint density at radius 2 is 2.50 bits per heavy atom. The Balaban J connectivity index is 3.46. The lowest BCUT2D eigenvalue weighted by Gasteiger charge is -1.99. The second kappa shape index (κ2) is 4.15. The monoisotopic (exact) mass is 200 g/mol. The molecule has 0 aromatic carbocycles. The van der Waals surface area contributed by atoms with Gasteiger partial charge < -0.3 is 4.74 Å². The minimum absolute atomic E-state index is 0.243. The van der Waals surface area contributed by atoms with Gasteiger partial charge in [-0.2, -0.15) is 0 Å². The summed E-state index contributed by atoms with van der Waals surface area (Å²) in [5, 5.41) is 0. The van der Waals surface area contributed by atoms with Crippen molar-refractivity contribution in [3.63, 3.8) is 0 Å². The number of hydrogen-bond donors (Lipinski definition) is 0. The number of methoxy groups -OCH3 is 1. The Hall–Kier alpha value is 0.240. The Bertz CT molecular complexity index is 86.1. The molecule has 2 nitrogen and oxygen atoms in total. The molecule has 0 saturated carbocycles. The largest absolute Gasteiger partial charge is 0.468 e. The van der Waals surface area contributed by atoms with E-state index < -0.39 is 0 Å². The third-order valence-electron chi connectivity index (χ3n) is 0.592. The van der Waals surface area contributed by atoms with Gasteiger partial charge in [-0.05, 0) is 0 Å². The SMILES string of the molecule is COC(=O)[C@@H](Br)CCl. The smallest absolute Gasteiger partial charge is 0.320 e. The Labute approximate surface area is 61.3 Å². The zero-order valence-corrected chi connectivity index (χ0v) is 6.70. The van der Waals surface area contributed by atoms with Crippen molar-refractivity contribution < 1.29 is 9.53 Å². The number of esters is 1. The highest BCUT2D eigenvalue weighted by atomic mass is 79.9. The molecule has 0 bridgehead atoms. The molecule has 0 radical (unpaired) electrons. The van der Waals surface area contributed by atoms with Crippen LogP contribution in [0.1, 0.15) is 0 Å². The average molecular weight is 201 g/mol. The topological polar surface area (TPSA) is 26.3 Å². The first kappa shape index (κ1) is 8.24. The van der Waals surface area contributed by atoms with Crippen molar-refractivity contribution in [1.82, 2.24) is 0 Å². The van der Waals surface area contributed by atoms with Gasteiger partial charge in [0.05, 0.1) is 7.11 Å². The van der Waals surface area contributed by atoms with Gasteiger partial charge in [0.25, 0.3) is 0 Å². The zero-order chi connectivity index (χ0) is 6.57. The number of halogens is 2. The predicted molar refractivity (Wildman–Crippen MR) is 35.5 cm³/mol. The van der Waals surface area contributed by atoms with Crippen LogP contribution < -0.4 is 0 Å². The van der Waals surface area contributed by atoms with Crippen molar-refractivity contribution in [3.8, 4) is 0 Å². The van der Waals surface area contributed by atoms with Crippen molar-refractivity contribution in [3.05, 3.63) is 0 Å². The maximum absolute atomic E-state index is 10.4. The fourth-order valence-electron chi connectivity index (χ4n) is 0.191. The molecule has 0 aromatic rings. The highest BCUT2D eigenvalue weighted by Gasteiger charge is 2.11. The second-order valence-electron chi connectivity index (χ2n) is 1.14. The molecule has 8 heavy (non-hydrogen) atoms. The van der Waals surface area contributed by atoms with Crippen LogP contribution in [-0.4, -0.2) is 23.8 Å². The molecule has 4 heteroatoms. The van der Waals surface area contributed by atoms with Crippen LogP contribution in [0.15, 0.2) is 0 Å². The van der Waals surface area contributed by atoms with Gasteiger partial charge in [0.1, 0.15) is 4.83 Å². The summed E-state index contributed by atoms with van der Waals surface area (Å²) in [4.78, 5) is 10.0. The van der Waals surface area contributed by atoms with Crippen LogP contribution in [0.25, 0.3) is 0 Å². The van der Waals surface area contributed by atoms with Crippen LogP contribution in [0.4, 0.5) is 0 Å². The summed E-state index contributed by atoms with van der Waals surface area (Å²) in [6.45, 7) is 0. The number of ether oxygens (including phenoxy) is 1. The van der Waals surface area contributed by atoms with Crippen LogP contribution in [0.5, 0.6) is 0 Å². The second-order valence-corrected chi connectivity index (χ2v) is 2.56. The lowest BCUT2D eigenvalue weighted by Crippen LogP contribution is -2.16. The summed E-state index contributed by atoms with van der Waals surface area (Å²) in [6.07, 6.45) is 0. The quantitative estimate of drug-likeness (QED) is 0.495. The number of alkyl halides is 2. The van der Waals surface area contributed by atoms with Gasteiger partial charge in [-0.1, -0.05) is 15.9 Å². The normalized spacial score (nSPS) is 12.9. The van der Waals surface area contributed by atoms with E-state index in [1.807, 2.05) is 0 Å². The number of rotatable bonds is 2. The molecular weight excluding hydrogens is 195 g/mol. The van der Waals surface area contributed by atoms with Crippen molar-refractivity contribution in [2.24, 2.45) is 0 Å². The van der Waals surface area contributed by atoms with E-state index in [2.05, 4.69) is 20.7 Å². The van der Waals surface area contributed by atoms with E-state index in [-0.39, 0.29) is 16.7 Å². The van der Waals surface area contributed by atoms with Crippen LogP contribution in [0.2, 0.25) is 0 Å². The van der Waals surface area contributed by atoms with Crippen LogP contribution in [0.3, 0.4) is 0 Å². The van der Waals surface area contributed by atoms with E-state index in [0.717, 1.165) is 0 Å². The van der Waals surface area contributed by atoms with E-state index >= 15 is 0 Å². The Morgan fingerprint density at radius 3 is 2.62 bits per heavy atom. The van der Waals surface area contributed by atoms with Gasteiger partial charge in [0.15, 0.2) is 0 Å². The molecule has 0 aromatic heterocycles. The minimum Gasteiger partial charge on any atom is -0.468 e. The first-order valence-electron chi connectivity index (χ1n) is 2.00. The first-order valence-corrected chi connectivity index (χ1v) is 3.45. The fourth-order valence-corrected chi connectivity index (χ4v) is 0.504. The number of carbonyl (C=O) groups is 1.